The third-order valence-electron chi connectivity index (χ3n) is 3.90. The van der Waals surface area contributed by atoms with Crippen LogP contribution in [0.25, 0.3) is 21.9 Å². The average molecular weight is 354 g/mol. The maximum atomic E-state index is 12.5. The number of fused-ring (bicyclic) bond motifs is 3. The van der Waals surface area contributed by atoms with Crippen molar-refractivity contribution in [1.29, 1.82) is 0 Å². The Morgan fingerprint density at radius 1 is 0.800 bits per heavy atom. The van der Waals surface area contributed by atoms with Crippen molar-refractivity contribution in [2.75, 3.05) is 7.11 Å². The fourth-order valence-corrected chi connectivity index (χ4v) is 3.60. The van der Waals surface area contributed by atoms with Crippen LogP contribution in [0.5, 0.6) is 11.5 Å². The summed E-state index contributed by atoms with van der Waals surface area (Å²) < 4.78 is 40.9. The first-order valence-electron chi connectivity index (χ1n) is 7.57. The number of ether oxygens (including phenoxy) is 1. The normalized spacial score (nSPS) is 11.7. The molecule has 25 heavy (non-hydrogen) atoms. The zero-order chi connectivity index (χ0) is 17.4. The SMILES string of the molecule is COc1ccc(S(=O)(=O)Oc2ccc3oc4ccccc4c3c2)cc1. The fourth-order valence-electron chi connectivity index (χ4n) is 2.67. The Labute approximate surface area is 144 Å². The number of para-hydroxylation sites is 1. The van der Waals surface area contributed by atoms with Gasteiger partial charge in [0.05, 0.1) is 7.11 Å². The standard InChI is InChI=1S/C19H14O5S/c1-22-13-6-9-15(10-7-13)25(20,21)24-14-8-11-19-17(12-14)16-4-2-3-5-18(16)23-19/h2-12H,1H3. The lowest BCUT2D eigenvalue weighted by Crippen LogP contribution is -2.09. The zero-order valence-electron chi connectivity index (χ0n) is 13.3. The summed E-state index contributed by atoms with van der Waals surface area (Å²) in [7, 11) is -2.41. The van der Waals surface area contributed by atoms with Crippen LogP contribution in [-0.4, -0.2) is 15.5 Å². The van der Waals surface area contributed by atoms with Crippen LogP contribution < -0.4 is 8.92 Å². The molecule has 4 rings (SSSR count). The van der Waals surface area contributed by atoms with Crippen molar-refractivity contribution in [1.82, 2.24) is 0 Å². The molecular weight excluding hydrogens is 340 g/mol. The van der Waals surface area contributed by atoms with E-state index >= 15 is 0 Å². The number of methoxy groups -OCH3 is 1. The van der Waals surface area contributed by atoms with Gasteiger partial charge < -0.3 is 13.3 Å². The summed E-state index contributed by atoms with van der Waals surface area (Å²) in [6.07, 6.45) is 0. The summed E-state index contributed by atoms with van der Waals surface area (Å²) in [5, 5.41) is 1.71. The van der Waals surface area contributed by atoms with Gasteiger partial charge in [-0.05, 0) is 48.5 Å². The summed E-state index contributed by atoms with van der Waals surface area (Å²) in [5.74, 6) is 0.806. The van der Waals surface area contributed by atoms with E-state index in [2.05, 4.69) is 0 Å². The Balaban J connectivity index is 1.72. The summed E-state index contributed by atoms with van der Waals surface area (Å²) in [4.78, 5) is 0.0606. The van der Waals surface area contributed by atoms with E-state index in [4.69, 9.17) is 13.3 Å². The molecule has 0 unspecified atom stereocenters. The molecule has 0 fully saturated rings. The molecule has 126 valence electrons. The van der Waals surface area contributed by atoms with Gasteiger partial charge in [0.2, 0.25) is 0 Å². The molecule has 1 heterocycles. The highest BCUT2D eigenvalue weighted by molar-refractivity contribution is 7.87. The molecule has 0 saturated carbocycles. The van der Waals surface area contributed by atoms with E-state index in [0.717, 1.165) is 16.4 Å². The Bertz CT molecular complexity index is 1160. The Hall–Kier alpha value is -2.99. The lowest BCUT2D eigenvalue weighted by atomic mass is 10.1. The van der Waals surface area contributed by atoms with Gasteiger partial charge in [0.15, 0.2) is 0 Å². The van der Waals surface area contributed by atoms with Crippen molar-refractivity contribution < 1.29 is 21.8 Å². The molecular formula is C19H14O5S. The van der Waals surface area contributed by atoms with Gasteiger partial charge in [-0.25, -0.2) is 0 Å². The molecule has 0 aliphatic rings. The van der Waals surface area contributed by atoms with Crippen LogP contribution in [-0.2, 0) is 10.1 Å². The largest absolute Gasteiger partial charge is 0.497 e. The number of hydrogen-bond acceptors (Lipinski definition) is 5. The van der Waals surface area contributed by atoms with Crippen molar-refractivity contribution in [2.24, 2.45) is 0 Å². The van der Waals surface area contributed by atoms with E-state index in [9.17, 15) is 8.42 Å². The molecule has 0 N–H and O–H groups in total. The van der Waals surface area contributed by atoms with Crippen molar-refractivity contribution in [3.05, 3.63) is 66.7 Å². The van der Waals surface area contributed by atoms with Crippen LogP contribution in [0.3, 0.4) is 0 Å². The van der Waals surface area contributed by atoms with Crippen molar-refractivity contribution in [3.63, 3.8) is 0 Å². The average Bonchev–Trinajstić information content (AvgIpc) is 2.99. The molecule has 0 atom stereocenters. The van der Waals surface area contributed by atoms with Gasteiger partial charge >= 0.3 is 10.1 Å². The van der Waals surface area contributed by atoms with Crippen LogP contribution in [0.1, 0.15) is 0 Å². The van der Waals surface area contributed by atoms with Gasteiger partial charge in [0.1, 0.15) is 27.6 Å². The number of furan rings is 1. The second-order valence-electron chi connectivity index (χ2n) is 5.47. The monoisotopic (exact) mass is 354 g/mol. The summed E-state index contributed by atoms with van der Waals surface area (Å²) >= 11 is 0. The molecule has 4 aromatic rings. The Morgan fingerprint density at radius 2 is 1.48 bits per heavy atom. The van der Waals surface area contributed by atoms with Gasteiger partial charge in [0.25, 0.3) is 0 Å². The molecule has 0 amide bonds. The third kappa shape index (κ3) is 2.81. The molecule has 0 aliphatic heterocycles. The van der Waals surface area contributed by atoms with E-state index in [-0.39, 0.29) is 10.6 Å². The second-order valence-corrected chi connectivity index (χ2v) is 7.02. The minimum Gasteiger partial charge on any atom is -0.497 e. The summed E-state index contributed by atoms with van der Waals surface area (Å²) in [6.45, 7) is 0. The van der Waals surface area contributed by atoms with Gasteiger partial charge in [-0.2, -0.15) is 8.42 Å². The molecule has 0 aliphatic carbocycles. The fraction of sp³-hybridized carbons (Fsp3) is 0.0526. The van der Waals surface area contributed by atoms with Crippen LogP contribution in [0.4, 0.5) is 0 Å². The number of rotatable bonds is 4. The predicted octanol–water partition coefficient (Wildman–Crippen LogP) is 4.36. The van der Waals surface area contributed by atoms with Crippen LogP contribution in [0, 0.1) is 0 Å². The molecule has 0 spiro atoms. The molecule has 5 nitrogen and oxygen atoms in total. The lowest BCUT2D eigenvalue weighted by Gasteiger charge is -2.07. The van der Waals surface area contributed by atoms with Gasteiger partial charge in [-0.15, -0.1) is 0 Å². The summed E-state index contributed by atoms with van der Waals surface area (Å²) in [5.41, 5.74) is 1.42. The molecule has 3 aromatic carbocycles. The molecule has 0 radical (unpaired) electrons. The van der Waals surface area contributed by atoms with Crippen LogP contribution in [0.2, 0.25) is 0 Å². The predicted molar refractivity (Wildman–Crippen MR) is 94.5 cm³/mol. The second kappa shape index (κ2) is 5.82. The van der Waals surface area contributed by atoms with E-state index in [1.807, 2.05) is 24.3 Å². The van der Waals surface area contributed by atoms with Gasteiger partial charge in [0, 0.05) is 10.8 Å². The van der Waals surface area contributed by atoms with E-state index in [1.165, 1.54) is 19.2 Å². The highest BCUT2D eigenvalue weighted by Crippen LogP contribution is 2.32. The highest BCUT2D eigenvalue weighted by atomic mass is 32.2. The maximum Gasteiger partial charge on any atom is 0.339 e. The molecule has 1 aromatic heterocycles. The van der Waals surface area contributed by atoms with E-state index in [0.29, 0.717) is 11.3 Å². The molecule has 0 saturated heterocycles. The van der Waals surface area contributed by atoms with Gasteiger partial charge in [-0.3, -0.25) is 0 Å². The van der Waals surface area contributed by atoms with Crippen molar-refractivity contribution in [2.45, 2.75) is 4.90 Å². The third-order valence-corrected chi connectivity index (χ3v) is 5.16. The number of hydrogen-bond donors (Lipinski definition) is 0. The summed E-state index contributed by atoms with van der Waals surface area (Å²) in [6, 6.07) is 18.6. The Morgan fingerprint density at radius 3 is 2.24 bits per heavy atom. The first kappa shape index (κ1) is 15.5. The van der Waals surface area contributed by atoms with Gasteiger partial charge in [-0.1, -0.05) is 18.2 Å². The van der Waals surface area contributed by atoms with Crippen molar-refractivity contribution >= 4 is 32.1 Å². The topological polar surface area (TPSA) is 65.7 Å². The minimum atomic E-state index is -3.93. The van der Waals surface area contributed by atoms with Crippen molar-refractivity contribution in [3.8, 4) is 11.5 Å². The van der Waals surface area contributed by atoms with Crippen LogP contribution in [0.15, 0.2) is 76.0 Å². The quantitative estimate of drug-likeness (QED) is 0.509. The molecule has 0 bridgehead atoms. The smallest absolute Gasteiger partial charge is 0.339 e. The number of benzene rings is 3. The zero-order valence-corrected chi connectivity index (χ0v) is 14.1. The first-order valence-corrected chi connectivity index (χ1v) is 8.97. The first-order chi connectivity index (χ1) is 12.1. The maximum absolute atomic E-state index is 12.5. The minimum absolute atomic E-state index is 0.0606. The highest BCUT2D eigenvalue weighted by Gasteiger charge is 2.18. The Kier molecular flexibility index (Phi) is 3.62. The van der Waals surface area contributed by atoms with Crippen LogP contribution >= 0.6 is 0 Å². The lowest BCUT2D eigenvalue weighted by molar-refractivity contribution is 0.414. The van der Waals surface area contributed by atoms with E-state index in [1.54, 1.807) is 30.3 Å². The molecule has 6 heteroatoms. The van der Waals surface area contributed by atoms with E-state index < -0.39 is 10.1 Å².